The predicted molar refractivity (Wildman–Crippen MR) is 83.7 cm³/mol. The highest BCUT2D eigenvalue weighted by Gasteiger charge is 2.34. The Morgan fingerprint density at radius 2 is 1.95 bits per heavy atom. The average molecular weight is 315 g/mol. The number of halogens is 2. The van der Waals surface area contributed by atoms with E-state index in [0.717, 1.165) is 31.7 Å². The lowest BCUT2D eigenvalue weighted by molar-refractivity contribution is -0.129. The summed E-state index contributed by atoms with van der Waals surface area (Å²) in [6.45, 7) is 7.63. The molecule has 110 valence electrons. The van der Waals surface area contributed by atoms with Crippen molar-refractivity contribution in [3.63, 3.8) is 0 Å². The van der Waals surface area contributed by atoms with E-state index in [1.165, 1.54) is 0 Å². The number of hydrogen-bond donors (Lipinski definition) is 1. The van der Waals surface area contributed by atoms with E-state index in [1.54, 1.807) is 12.1 Å². The highest BCUT2D eigenvalue weighted by Crippen LogP contribution is 2.24. The van der Waals surface area contributed by atoms with E-state index < -0.39 is 5.54 Å². The Bertz CT molecular complexity index is 497. The minimum Gasteiger partial charge on any atom is -0.314 e. The number of carbonyl (C=O) groups is 1. The molecule has 20 heavy (non-hydrogen) atoms. The molecule has 0 amide bonds. The van der Waals surface area contributed by atoms with Gasteiger partial charge in [0.2, 0.25) is 0 Å². The molecule has 0 saturated carbocycles. The van der Waals surface area contributed by atoms with Gasteiger partial charge in [-0.05, 0) is 31.5 Å². The Kier molecular flexibility index (Phi) is 5.08. The smallest absolute Gasteiger partial charge is 0.156 e. The van der Waals surface area contributed by atoms with E-state index >= 15 is 0 Å². The van der Waals surface area contributed by atoms with Gasteiger partial charge in [-0.3, -0.25) is 9.69 Å². The monoisotopic (exact) mass is 314 g/mol. The van der Waals surface area contributed by atoms with Gasteiger partial charge in [-0.15, -0.1) is 0 Å². The Labute approximate surface area is 130 Å². The number of nitrogens with one attached hydrogen (secondary N) is 1. The van der Waals surface area contributed by atoms with Crippen LogP contribution in [0, 0.1) is 0 Å². The van der Waals surface area contributed by atoms with Gasteiger partial charge in [-0.1, -0.05) is 29.3 Å². The highest BCUT2D eigenvalue weighted by molar-refractivity contribution is 6.35. The van der Waals surface area contributed by atoms with Crippen molar-refractivity contribution in [1.82, 2.24) is 10.2 Å². The van der Waals surface area contributed by atoms with E-state index in [1.807, 2.05) is 19.9 Å². The number of rotatable bonds is 4. The van der Waals surface area contributed by atoms with Gasteiger partial charge in [0.1, 0.15) is 0 Å². The first-order valence-electron chi connectivity index (χ1n) is 6.84. The molecule has 0 aliphatic carbocycles. The van der Waals surface area contributed by atoms with Crippen molar-refractivity contribution >= 4 is 29.0 Å². The quantitative estimate of drug-likeness (QED) is 0.927. The predicted octanol–water partition coefficient (Wildman–Crippen LogP) is 2.79. The minimum atomic E-state index is -0.467. The van der Waals surface area contributed by atoms with Gasteiger partial charge < -0.3 is 5.32 Å². The number of piperazine rings is 1. The second-order valence-corrected chi connectivity index (χ2v) is 6.48. The first-order valence-corrected chi connectivity index (χ1v) is 7.60. The Hall–Kier alpha value is -0.610. The Balaban J connectivity index is 2.09. The average Bonchev–Trinajstić information content (AvgIpc) is 2.42. The molecule has 1 saturated heterocycles. The lowest BCUT2D eigenvalue weighted by atomic mass is 9.91. The summed E-state index contributed by atoms with van der Waals surface area (Å²) in [6, 6.07) is 5.29. The molecule has 1 aromatic rings. The summed E-state index contributed by atoms with van der Waals surface area (Å²) in [7, 11) is 0. The molecule has 5 heteroatoms. The molecule has 1 heterocycles. The fourth-order valence-electron chi connectivity index (χ4n) is 2.45. The molecular weight excluding hydrogens is 295 g/mol. The van der Waals surface area contributed by atoms with Crippen molar-refractivity contribution in [3.05, 3.63) is 33.8 Å². The van der Waals surface area contributed by atoms with Gasteiger partial charge in [-0.25, -0.2) is 0 Å². The molecular formula is C15H20Cl2N2O. The lowest BCUT2D eigenvalue weighted by Crippen LogP contribution is -2.57. The summed E-state index contributed by atoms with van der Waals surface area (Å²) in [6.07, 6.45) is 0.340. The van der Waals surface area contributed by atoms with Crippen molar-refractivity contribution in [2.75, 3.05) is 26.2 Å². The third-order valence-electron chi connectivity index (χ3n) is 3.96. The summed E-state index contributed by atoms with van der Waals surface area (Å²) >= 11 is 12.0. The maximum atomic E-state index is 12.6. The van der Waals surface area contributed by atoms with Crippen LogP contribution >= 0.6 is 23.2 Å². The SMILES string of the molecule is CC(C)(C(=O)Cc1ccc(Cl)cc1Cl)N1CCNCC1. The van der Waals surface area contributed by atoms with Crippen LogP contribution in [0.15, 0.2) is 18.2 Å². The van der Waals surface area contributed by atoms with Crippen LogP contribution in [-0.2, 0) is 11.2 Å². The van der Waals surface area contributed by atoms with Crippen LogP contribution in [0.4, 0.5) is 0 Å². The summed E-state index contributed by atoms with van der Waals surface area (Å²) in [5.74, 6) is 0.184. The standard InChI is InChI=1S/C15H20Cl2N2O/c1-15(2,19-7-5-18-6-8-19)14(20)9-11-3-4-12(16)10-13(11)17/h3-4,10,18H,5-9H2,1-2H3. The maximum absolute atomic E-state index is 12.6. The van der Waals surface area contributed by atoms with Crippen molar-refractivity contribution in [3.8, 4) is 0 Å². The largest absolute Gasteiger partial charge is 0.314 e. The van der Waals surface area contributed by atoms with Gasteiger partial charge in [0.25, 0.3) is 0 Å². The zero-order valence-corrected chi connectivity index (χ0v) is 13.4. The highest BCUT2D eigenvalue weighted by atomic mass is 35.5. The van der Waals surface area contributed by atoms with Crippen LogP contribution in [-0.4, -0.2) is 42.4 Å². The summed E-state index contributed by atoms with van der Waals surface area (Å²) in [4.78, 5) is 14.8. The molecule has 1 aliphatic rings. The Morgan fingerprint density at radius 3 is 2.55 bits per heavy atom. The van der Waals surface area contributed by atoms with Gasteiger partial charge in [0.15, 0.2) is 5.78 Å². The van der Waals surface area contributed by atoms with Gasteiger partial charge >= 0.3 is 0 Å². The van der Waals surface area contributed by atoms with Crippen LogP contribution in [0.25, 0.3) is 0 Å². The molecule has 0 bridgehead atoms. The number of ketones is 1. The van der Waals surface area contributed by atoms with Crippen molar-refractivity contribution < 1.29 is 4.79 Å². The van der Waals surface area contributed by atoms with E-state index in [9.17, 15) is 4.79 Å². The van der Waals surface area contributed by atoms with Crippen molar-refractivity contribution in [1.29, 1.82) is 0 Å². The molecule has 2 rings (SSSR count). The Morgan fingerprint density at radius 1 is 1.30 bits per heavy atom. The molecule has 0 spiro atoms. The minimum absolute atomic E-state index is 0.184. The molecule has 1 fully saturated rings. The fraction of sp³-hybridized carbons (Fsp3) is 0.533. The van der Waals surface area contributed by atoms with Crippen LogP contribution < -0.4 is 5.32 Å². The number of hydrogen-bond acceptors (Lipinski definition) is 3. The van der Waals surface area contributed by atoms with Crippen molar-refractivity contribution in [2.45, 2.75) is 25.8 Å². The van der Waals surface area contributed by atoms with Gasteiger partial charge in [-0.2, -0.15) is 0 Å². The number of nitrogens with zero attached hydrogens (tertiary/aromatic N) is 1. The lowest BCUT2D eigenvalue weighted by Gasteiger charge is -2.40. The third kappa shape index (κ3) is 3.53. The van der Waals surface area contributed by atoms with E-state index in [2.05, 4.69) is 10.2 Å². The van der Waals surface area contributed by atoms with Crippen LogP contribution in [0.5, 0.6) is 0 Å². The molecule has 1 aliphatic heterocycles. The first kappa shape index (κ1) is 15.8. The van der Waals surface area contributed by atoms with Crippen LogP contribution in [0.2, 0.25) is 10.0 Å². The topological polar surface area (TPSA) is 32.3 Å². The summed E-state index contributed by atoms with van der Waals surface area (Å²) in [5, 5.41) is 4.45. The zero-order valence-electron chi connectivity index (χ0n) is 11.9. The number of Topliss-reactive ketones (excluding diaryl/α,β-unsaturated/α-hetero) is 1. The van der Waals surface area contributed by atoms with E-state index in [4.69, 9.17) is 23.2 Å². The molecule has 0 atom stereocenters. The zero-order chi connectivity index (χ0) is 14.8. The van der Waals surface area contributed by atoms with Gasteiger partial charge in [0.05, 0.1) is 5.54 Å². The molecule has 3 nitrogen and oxygen atoms in total. The summed E-state index contributed by atoms with van der Waals surface area (Å²) in [5.41, 5.74) is 0.370. The molecule has 0 aromatic heterocycles. The fourth-order valence-corrected chi connectivity index (χ4v) is 2.93. The van der Waals surface area contributed by atoms with Crippen molar-refractivity contribution in [2.24, 2.45) is 0 Å². The van der Waals surface area contributed by atoms with E-state index in [-0.39, 0.29) is 5.78 Å². The van der Waals surface area contributed by atoms with E-state index in [0.29, 0.717) is 16.5 Å². The third-order valence-corrected chi connectivity index (χ3v) is 4.54. The first-order chi connectivity index (χ1) is 9.41. The molecule has 0 radical (unpaired) electrons. The van der Waals surface area contributed by atoms with Crippen LogP contribution in [0.1, 0.15) is 19.4 Å². The van der Waals surface area contributed by atoms with Crippen LogP contribution in [0.3, 0.4) is 0 Å². The number of carbonyl (C=O) groups excluding carboxylic acids is 1. The maximum Gasteiger partial charge on any atom is 0.156 e. The second-order valence-electron chi connectivity index (χ2n) is 5.63. The molecule has 1 N–H and O–H groups in total. The normalized spacial score (nSPS) is 17.2. The molecule has 1 aromatic carbocycles. The van der Waals surface area contributed by atoms with Gasteiger partial charge in [0, 0.05) is 42.6 Å². The summed E-state index contributed by atoms with van der Waals surface area (Å²) < 4.78 is 0. The molecule has 0 unspecified atom stereocenters. The second kappa shape index (κ2) is 6.44. The number of benzene rings is 1.